The van der Waals surface area contributed by atoms with Gasteiger partial charge in [0.2, 0.25) is 0 Å². The molecule has 0 atom stereocenters. The number of unbranched alkanes of at least 4 members (excludes halogenated alkanes) is 2. The van der Waals surface area contributed by atoms with Crippen molar-refractivity contribution < 1.29 is 4.39 Å². The Bertz CT molecular complexity index is 576. The lowest BCUT2D eigenvalue weighted by molar-refractivity contribution is 0.252. The zero-order valence-corrected chi connectivity index (χ0v) is 19.2. The van der Waals surface area contributed by atoms with Gasteiger partial charge in [-0.15, -0.1) is 0 Å². The molecule has 29 heavy (non-hydrogen) atoms. The van der Waals surface area contributed by atoms with Crippen LogP contribution in [0.4, 0.5) is 4.39 Å². The first-order valence-electron chi connectivity index (χ1n) is 13.0. The highest BCUT2D eigenvalue weighted by Gasteiger charge is 2.23. The van der Waals surface area contributed by atoms with Crippen molar-refractivity contribution in [2.24, 2.45) is 17.8 Å². The van der Waals surface area contributed by atoms with E-state index in [9.17, 15) is 4.39 Å². The molecule has 0 nitrogen and oxygen atoms in total. The zero-order chi connectivity index (χ0) is 20.5. The fourth-order valence-electron chi connectivity index (χ4n) is 6.06. The molecule has 3 rings (SSSR count). The largest absolute Gasteiger partial charge is 0.207 e. The fraction of sp³-hybridized carbons (Fsp3) is 0.786. The van der Waals surface area contributed by atoms with Crippen LogP contribution in [0.5, 0.6) is 0 Å². The Kier molecular flexibility index (Phi) is 9.53. The Morgan fingerprint density at radius 1 is 0.724 bits per heavy atom. The minimum absolute atomic E-state index is 0.0623. The smallest absolute Gasteiger partial charge is 0.126 e. The van der Waals surface area contributed by atoms with Crippen LogP contribution in [0.2, 0.25) is 0 Å². The molecule has 1 aromatic rings. The quantitative estimate of drug-likeness (QED) is 0.343. The van der Waals surface area contributed by atoms with E-state index >= 15 is 0 Å². The van der Waals surface area contributed by atoms with E-state index < -0.39 is 0 Å². The molecule has 0 amide bonds. The first-order valence-corrected chi connectivity index (χ1v) is 13.0. The predicted molar refractivity (Wildman–Crippen MR) is 124 cm³/mol. The van der Waals surface area contributed by atoms with Crippen LogP contribution in [-0.2, 0) is 6.42 Å². The highest BCUT2D eigenvalue weighted by Crippen LogP contribution is 2.38. The Morgan fingerprint density at radius 3 is 1.97 bits per heavy atom. The van der Waals surface area contributed by atoms with Crippen LogP contribution in [0.25, 0.3) is 0 Å². The maximum Gasteiger partial charge on any atom is 0.126 e. The molecule has 0 N–H and O–H groups in total. The van der Waals surface area contributed by atoms with Crippen molar-refractivity contribution in [1.29, 1.82) is 0 Å². The van der Waals surface area contributed by atoms with Gasteiger partial charge in [-0.1, -0.05) is 90.2 Å². The standard InChI is InChI=1S/C28H45F/c1-3-5-6-8-23-13-16-25(17-14-23)27-20-19-26(28(29)21-27)18-15-24-11-9-22(7-4-2)10-12-24/h19-25H,3-18H2,1-2H3. The first-order chi connectivity index (χ1) is 14.2. The average molecular weight is 401 g/mol. The van der Waals surface area contributed by atoms with Crippen LogP contribution in [0, 0.1) is 23.6 Å². The summed E-state index contributed by atoms with van der Waals surface area (Å²) in [5, 5.41) is 0. The highest BCUT2D eigenvalue weighted by molar-refractivity contribution is 5.27. The third kappa shape index (κ3) is 7.11. The summed E-state index contributed by atoms with van der Waals surface area (Å²) < 4.78 is 14.8. The van der Waals surface area contributed by atoms with Gasteiger partial charge in [-0.3, -0.25) is 0 Å². The van der Waals surface area contributed by atoms with E-state index in [4.69, 9.17) is 0 Å². The van der Waals surface area contributed by atoms with E-state index in [0.717, 1.165) is 29.7 Å². The zero-order valence-electron chi connectivity index (χ0n) is 19.2. The number of benzene rings is 1. The van der Waals surface area contributed by atoms with Crippen molar-refractivity contribution in [3.63, 3.8) is 0 Å². The number of hydrogen-bond acceptors (Lipinski definition) is 0. The van der Waals surface area contributed by atoms with Gasteiger partial charge in [0.15, 0.2) is 0 Å². The topological polar surface area (TPSA) is 0 Å². The molecule has 1 heteroatoms. The van der Waals surface area contributed by atoms with E-state index in [1.165, 1.54) is 102 Å². The molecule has 0 saturated heterocycles. The molecule has 2 aliphatic carbocycles. The van der Waals surface area contributed by atoms with Gasteiger partial charge < -0.3 is 0 Å². The third-order valence-corrected chi connectivity index (χ3v) is 8.10. The van der Waals surface area contributed by atoms with Gasteiger partial charge >= 0.3 is 0 Å². The lowest BCUT2D eigenvalue weighted by Crippen LogP contribution is -2.15. The number of halogens is 1. The minimum Gasteiger partial charge on any atom is -0.207 e. The lowest BCUT2D eigenvalue weighted by Gasteiger charge is -2.29. The number of aryl methyl sites for hydroxylation is 1. The maximum absolute atomic E-state index is 14.8. The van der Waals surface area contributed by atoms with Crippen LogP contribution < -0.4 is 0 Å². The molecule has 2 fully saturated rings. The Labute approximate surface area is 180 Å². The van der Waals surface area contributed by atoms with Gasteiger partial charge in [-0.2, -0.15) is 0 Å². The monoisotopic (exact) mass is 400 g/mol. The van der Waals surface area contributed by atoms with Crippen molar-refractivity contribution in [2.75, 3.05) is 0 Å². The first kappa shape index (κ1) is 22.8. The van der Waals surface area contributed by atoms with Crippen molar-refractivity contribution >= 4 is 0 Å². The van der Waals surface area contributed by atoms with E-state index in [1.54, 1.807) is 0 Å². The van der Waals surface area contributed by atoms with E-state index in [-0.39, 0.29) is 5.82 Å². The molecule has 0 aliphatic heterocycles. The van der Waals surface area contributed by atoms with Crippen molar-refractivity contribution in [2.45, 2.75) is 122 Å². The summed E-state index contributed by atoms with van der Waals surface area (Å²) in [6, 6.07) is 6.24. The van der Waals surface area contributed by atoms with E-state index in [2.05, 4.69) is 26.0 Å². The van der Waals surface area contributed by atoms with Crippen molar-refractivity contribution in [3.8, 4) is 0 Å². The molecule has 0 bridgehead atoms. The molecular weight excluding hydrogens is 355 g/mol. The molecule has 0 heterocycles. The van der Waals surface area contributed by atoms with Crippen LogP contribution >= 0.6 is 0 Å². The summed E-state index contributed by atoms with van der Waals surface area (Å²) in [6.45, 7) is 4.59. The molecule has 164 valence electrons. The van der Waals surface area contributed by atoms with Crippen LogP contribution in [0.15, 0.2) is 18.2 Å². The SMILES string of the molecule is CCCCCC1CCC(c2ccc(CCC3CCC(CCC)CC3)c(F)c2)CC1. The van der Waals surface area contributed by atoms with Gasteiger partial charge in [-0.05, 0) is 79.4 Å². The average Bonchev–Trinajstić information content (AvgIpc) is 2.75. The van der Waals surface area contributed by atoms with Crippen LogP contribution in [0.1, 0.15) is 127 Å². The molecule has 1 aromatic carbocycles. The molecule has 2 saturated carbocycles. The minimum atomic E-state index is 0.0623. The van der Waals surface area contributed by atoms with E-state index in [1.807, 2.05) is 6.07 Å². The Balaban J connectivity index is 1.42. The second kappa shape index (κ2) is 12.1. The second-order valence-electron chi connectivity index (χ2n) is 10.3. The second-order valence-corrected chi connectivity index (χ2v) is 10.3. The number of hydrogen-bond donors (Lipinski definition) is 0. The molecule has 0 spiro atoms. The Morgan fingerprint density at radius 2 is 1.34 bits per heavy atom. The molecule has 0 aromatic heterocycles. The van der Waals surface area contributed by atoms with Gasteiger partial charge in [0.05, 0.1) is 0 Å². The van der Waals surface area contributed by atoms with Gasteiger partial charge in [0.25, 0.3) is 0 Å². The number of rotatable bonds is 10. The molecular formula is C28H45F. The van der Waals surface area contributed by atoms with Crippen LogP contribution in [0.3, 0.4) is 0 Å². The summed E-state index contributed by atoms with van der Waals surface area (Å²) in [7, 11) is 0. The van der Waals surface area contributed by atoms with Gasteiger partial charge in [-0.25, -0.2) is 4.39 Å². The fourth-order valence-corrected chi connectivity index (χ4v) is 6.06. The summed E-state index contributed by atoms with van der Waals surface area (Å²) in [5.41, 5.74) is 2.22. The highest BCUT2D eigenvalue weighted by atomic mass is 19.1. The third-order valence-electron chi connectivity index (χ3n) is 8.10. The predicted octanol–water partition coefficient (Wildman–Crippen LogP) is 9.22. The normalized spacial score (nSPS) is 27.8. The lowest BCUT2D eigenvalue weighted by atomic mass is 9.76. The molecule has 0 unspecified atom stereocenters. The Hall–Kier alpha value is -0.850. The maximum atomic E-state index is 14.8. The molecule has 2 aliphatic rings. The van der Waals surface area contributed by atoms with Crippen LogP contribution in [-0.4, -0.2) is 0 Å². The summed E-state index contributed by atoms with van der Waals surface area (Å²) >= 11 is 0. The van der Waals surface area contributed by atoms with E-state index in [0.29, 0.717) is 5.92 Å². The van der Waals surface area contributed by atoms with Gasteiger partial charge in [0.1, 0.15) is 5.82 Å². The summed E-state index contributed by atoms with van der Waals surface area (Å²) in [4.78, 5) is 0. The van der Waals surface area contributed by atoms with Crippen molar-refractivity contribution in [1.82, 2.24) is 0 Å². The summed E-state index contributed by atoms with van der Waals surface area (Å²) in [5.74, 6) is 3.37. The van der Waals surface area contributed by atoms with Crippen molar-refractivity contribution in [3.05, 3.63) is 35.1 Å². The van der Waals surface area contributed by atoms with Gasteiger partial charge in [0, 0.05) is 0 Å². The molecule has 0 radical (unpaired) electrons. The summed E-state index contributed by atoms with van der Waals surface area (Å²) in [6.07, 6.45) is 21.1.